The highest BCUT2D eigenvalue weighted by Crippen LogP contribution is 2.20. The van der Waals surface area contributed by atoms with Crippen molar-refractivity contribution < 1.29 is 4.39 Å². The number of benzene rings is 2. The van der Waals surface area contributed by atoms with Gasteiger partial charge in [-0.25, -0.2) is 9.37 Å². The number of imidazole rings is 1. The Bertz CT molecular complexity index is 792. The molecular formula is C18H20FN3. The number of nitrogens with two attached hydrogens (primary N) is 1. The van der Waals surface area contributed by atoms with Crippen molar-refractivity contribution in [3.63, 3.8) is 0 Å². The first-order valence-electron chi connectivity index (χ1n) is 7.64. The molecule has 4 heteroatoms. The Kier molecular flexibility index (Phi) is 4.20. The number of rotatable bonds is 5. The minimum atomic E-state index is -0.212. The second-order valence-electron chi connectivity index (χ2n) is 5.46. The van der Waals surface area contributed by atoms with Crippen molar-refractivity contribution in [1.82, 2.24) is 9.55 Å². The average Bonchev–Trinajstić information content (AvgIpc) is 2.84. The minimum Gasteiger partial charge on any atom is -0.330 e. The molecule has 2 N–H and O–H groups in total. The van der Waals surface area contributed by atoms with Gasteiger partial charge in [0.15, 0.2) is 0 Å². The average molecular weight is 297 g/mol. The molecule has 0 aliphatic carbocycles. The van der Waals surface area contributed by atoms with Gasteiger partial charge in [0.1, 0.15) is 11.6 Å². The van der Waals surface area contributed by atoms with Crippen LogP contribution in [0.3, 0.4) is 0 Å². The highest BCUT2D eigenvalue weighted by molar-refractivity contribution is 5.77. The van der Waals surface area contributed by atoms with Gasteiger partial charge in [-0.2, -0.15) is 0 Å². The lowest BCUT2D eigenvalue weighted by Gasteiger charge is -2.09. The van der Waals surface area contributed by atoms with Crippen molar-refractivity contribution in [3.05, 3.63) is 65.2 Å². The monoisotopic (exact) mass is 297 g/mol. The van der Waals surface area contributed by atoms with Crippen molar-refractivity contribution in [2.75, 3.05) is 6.54 Å². The lowest BCUT2D eigenvalue weighted by molar-refractivity contribution is 0.623. The largest absolute Gasteiger partial charge is 0.330 e. The van der Waals surface area contributed by atoms with Gasteiger partial charge in [0, 0.05) is 13.0 Å². The molecule has 1 aromatic heterocycles. The number of aromatic nitrogens is 2. The molecule has 0 atom stereocenters. The van der Waals surface area contributed by atoms with E-state index in [0.717, 1.165) is 28.8 Å². The highest BCUT2D eigenvalue weighted by atomic mass is 19.1. The Hall–Kier alpha value is -2.20. The lowest BCUT2D eigenvalue weighted by Crippen LogP contribution is -2.11. The van der Waals surface area contributed by atoms with Crippen molar-refractivity contribution in [3.8, 4) is 0 Å². The zero-order valence-electron chi connectivity index (χ0n) is 12.7. The van der Waals surface area contributed by atoms with Crippen LogP contribution in [0.1, 0.15) is 23.9 Å². The Labute approximate surface area is 129 Å². The molecule has 0 aliphatic heterocycles. The molecule has 0 aliphatic rings. The van der Waals surface area contributed by atoms with E-state index in [4.69, 9.17) is 10.7 Å². The summed E-state index contributed by atoms with van der Waals surface area (Å²) in [7, 11) is 0. The van der Waals surface area contributed by atoms with Gasteiger partial charge in [0.05, 0.1) is 11.0 Å². The Morgan fingerprint density at radius 2 is 2.00 bits per heavy atom. The molecule has 3 rings (SSSR count). The summed E-state index contributed by atoms with van der Waals surface area (Å²) < 4.78 is 15.5. The first-order valence-corrected chi connectivity index (χ1v) is 7.64. The number of aryl methyl sites for hydroxylation is 1. The molecule has 2 aromatic carbocycles. The van der Waals surface area contributed by atoms with Crippen LogP contribution in [-0.2, 0) is 19.4 Å². The first-order chi connectivity index (χ1) is 10.7. The smallest absolute Gasteiger partial charge is 0.123 e. The SMILES string of the molecule is CCc1ccc2c(c1)nc(CCN)n2Cc1cccc(F)c1. The predicted molar refractivity (Wildman–Crippen MR) is 87.4 cm³/mol. The van der Waals surface area contributed by atoms with Crippen LogP contribution in [0.2, 0.25) is 0 Å². The predicted octanol–water partition coefficient (Wildman–Crippen LogP) is 3.29. The molecule has 0 radical (unpaired) electrons. The fraction of sp³-hybridized carbons (Fsp3) is 0.278. The summed E-state index contributed by atoms with van der Waals surface area (Å²) in [5.74, 6) is 0.741. The zero-order valence-corrected chi connectivity index (χ0v) is 12.7. The normalized spacial score (nSPS) is 11.2. The quantitative estimate of drug-likeness (QED) is 0.785. The number of fused-ring (bicyclic) bond motifs is 1. The molecule has 0 fully saturated rings. The van der Waals surface area contributed by atoms with Crippen LogP contribution in [0.15, 0.2) is 42.5 Å². The van der Waals surface area contributed by atoms with E-state index in [1.54, 1.807) is 12.1 Å². The summed E-state index contributed by atoms with van der Waals surface area (Å²) in [5.41, 5.74) is 9.96. The number of halogens is 1. The molecule has 0 bridgehead atoms. The van der Waals surface area contributed by atoms with Gasteiger partial charge in [0.25, 0.3) is 0 Å². The molecule has 0 amide bonds. The fourth-order valence-corrected chi connectivity index (χ4v) is 2.76. The van der Waals surface area contributed by atoms with E-state index in [2.05, 4.69) is 29.7 Å². The Balaban J connectivity index is 2.07. The molecule has 0 unspecified atom stereocenters. The molecular weight excluding hydrogens is 277 g/mol. The van der Waals surface area contributed by atoms with Gasteiger partial charge in [0.2, 0.25) is 0 Å². The van der Waals surface area contributed by atoms with E-state index in [1.165, 1.54) is 11.6 Å². The third-order valence-electron chi connectivity index (χ3n) is 3.90. The van der Waals surface area contributed by atoms with Crippen molar-refractivity contribution in [1.29, 1.82) is 0 Å². The van der Waals surface area contributed by atoms with Crippen LogP contribution < -0.4 is 5.73 Å². The van der Waals surface area contributed by atoms with E-state index in [-0.39, 0.29) is 5.82 Å². The third-order valence-corrected chi connectivity index (χ3v) is 3.90. The maximum absolute atomic E-state index is 13.4. The molecule has 0 saturated heterocycles. The second kappa shape index (κ2) is 6.28. The van der Waals surface area contributed by atoms with Gasteiger partial charge >= 0.3 is 0 Å². The summed E-state index contributed by atoms with van der Waals surface area (Å²) in [6.07, 6.45) is 1.70. The van der Waals surface area contributed by atoms with E-state index < -0.39 is 0 Å². The fourth-order valence-electron chi connectivity index (χ4n) is 2.76. The van der Waals surface area contributed by atoms with E-state index in [1.807, 2.05) is 6.07 Å². The van der Waals surface area contributed by atoms with Crippen LogP contribution in [-0.4, -0.2) is 16.1 Å². The summed E-state index contributed by atoms with van der Waals surface area (Å²) in [4.78, 5) is 4.72. The van der Waals surface area contributed by atoms with Crippen LogP contribution in [0, 0.1) is 5.82 Å². The molecule has 114 valence electrons. The van der Waals surface area contributed by atoms with Gasteiger partial charge < -0.3 is 10.3 Å². The van der Waals surface area contributed by atoms with E-state index >= 15 is 0 Å². The summed E-state index contributed by atoms with van der Waals surface area (Å²) in [6.45, 7) is 3.29. The van der Waals surface area contributed by atoms with Crippen molar-refractivity contribution in [2.24, 2.45) is 5.73 Å². The third kappa shape index (κ3) is 2.88. The highest BCUT2D eigenvalue weighted by Gasteiger charge is 2.11. The van der Waals surface area contributed by atoms with Crippen molar-refractivity contribution >= 4 is 11.0 Å². The molecule has 22 heavy (non-hydrogen) atoms. The maximum atomic E-state index is 13.4. The number of nitrogens with zero attached hydrogens (tertiary/aromatic N) is 2. The Morgan fingerprint density at radius 1 is 1.14 bits per heavy atom. The standard InChI is InChI=1S/C18H20FN3/c1-2-13-6-7-17-16(11-13)21-18(8-9-20)22(17)12-14-4-3-5-15(19)10-14/h3-7,10-11H,2,8-9,12,20H2,1H3. The van der Waals surface area contributed by atoms with Crippen LogP contribution >= 0.6 is 0 Å². The summed E-state index contributed by atoms with van der Waals surface area (Å²) >= 11 is 0. The maximum Gasteiger partial charge on any atom is 0.123 e. The second-order valence-corrected chi connectivity index (χ2v) is 5.46. The van der Waals surface area contributed by atoms with Crippen LogP contribution in [0.5, 0.6) is 0 Å². The number of hydrogen-bond acceptors (Lipinski definition) is 2. The number of hydrogen-bond donors (Lipinski definition) is 1. The van der Waals surface area contributed by atoms with Gasteiger partial charge in [-0.15, -0.1) is 0 Å². The molecule has 3 nitrogen and oxygen atoms in total. The summed E-state index contributed by atoms with van der Waals surface area (Å²) in [5, 5.41) is 0. The summed E-state index contributed by atoms with van der Waals surface area (Å²) in [6, 6.07) is 13.0. The minimum absolute atomic E-state index is 0.212. The van der Waals surface area contributed by atoms with Crippen LogP contribution in [0.25, 0.3) is 11.0 Å². The first kappa shape index (κ1) is 14.7. The van der Waals surface area contributed by atoms with E-state index in [0.29, 0.717) is 19.5 Å². The van der Waals surface area contributed by atoms with Crippen molar-refractivity contribution in [2.45, 2.75) is 26.3 Å². The molecule has 1 heterocycles. The lowest BCUT2D eigenvalue weighted by atomic mass is 10.1. The molecule has 3 aromatic rings. The topological polar surface area (TPSA) is 43.8 Å². The van der Waals surface area contributed by atoms with Crippen LogP contribution in [0.4, 0.5) is 4.39 Å². The van der Waals surface area contributed by atoms with Gasteiger partial charge in [-0.3, -0.25) is 0 Å². The van der Waals surface area contributed by atoms with E-state index in [9.17, 15) is 4.39 Å². The molecule has 0 saturated carbocycles. The van der Waals surface area contributed by atoms with Gasteiger partial charge in [-0.1, -0.05) is 25.1 Å². The zero-order chi connectivity index (χ0) is 15.5. The molecule has 0 spiro atoms. The Morgan fingerprint density at radius 3 is 2.73 bits per heavy atom. The van der Waals surface area contributed by atoms with Gasteiger partial charge in [-0.05, 0) is 48.4 Å².